The maximum Gasteiger partial charge on any atom is 0.0752 e. The Balaban J connectivity index is 2.49. The molecule has 3 heteroatoms. The Kier molecular flexibility index (Phi) is 7.61. The quantitative estimate of drug-likeness (QED) is 0.366. The van der Waals surface area contributed by atoms with Crippen molar-refractivity contribution < 1.29 is 0 Å². The number of nitrogens with zero attached hydrogens (tertiary/aromatic N) is 2. The third kappa shape index (κ3) is 5.20. The van der Waals surface area contributed by atoms with Crippen molar-refractivity contribution >= 4 is 18.0 Å². The van der Waals surface area contributed by atoms with Crippen LogP contribution in [-0.2, 0) is 16.2 Å². The van der Waals surface area contributed by atoms with E-state index in [0.29, 0.717) is 0 Å². The monoisotopic (exact) mass is 492 g/mol. The first-order chi connectivity index (χ1) is 16.1. The zero-order valence-electron chi connectivity index (χ0n) is 24.5. The molecular formula is C32H49N2P. The Hall–Kier alpha value is -1.79. The summed E-state index contributed by atoms with van der Waals surface area (Å²) >= 11 is 0. The molecule has 0 bridgehead atoms. The van der Waals surface area contributed by atoms with E-state index >= 15 is 0 Å². The zero-order valence-corrected chi connectivity index (χ0v) is 25.4. The molecule has 1 aliphatic heterocycles. The topological polar surface area (TPSA) is 15.6 Å². The van der Waals surface area contributed by atoms with Gasteiger partial charge in [0.25, 0.3) is 0 Å². The minimum atomic E-state index is -1.94. The molecule has 2 nitrogen and oxygen atoms in total. The molecule has 0 N–H and O–H groups in total. The van der Waals surface area contributed by atoms with E-state index in [1.807, 2.05) is 0 Å². The molecule has 35 heavy (non-hydrogen) atoms. The average molecular weight is 493 g/mol. The molecule has 192 valence electrons. The van der Waals surface area contributed by atoms with Crippen LogP contribution >= 0.6 is 7.05 Å². The van der Waals surface area contributed by atoms with Crippen LogP contribution in [0.2, 0.25) is 0 Å². The summed E-state index contributed by atoms with van der Waals surface area (Å²) < 4.78 is 5.97. The van der Waals surface area contributed by atoms with Crippen molar-refractivity contribution in [3.05, 3.63) is 69.9 Å². The SMILES string of the molecule is CCC1=C(N(CC)CC)[P@@]1(=Nc1c(C(C)(C)C)cc(C(C)(C)C)cc1C(C)(C)C)c1ccccc1. The van der Waals surface area contributed by atoms with Gasteiger partial charge in [0.05, 0.1) is 18.2 Å². The molecule has 2 aromatic carbocycles. The van der Waals surface area contributed by atoms with Crippen molar-refractivity contribution in [1.29, 1.82) is 0 Å². The highest BCUT2D eigenvalue weighted by Gasteiger charge is 2.49. The van der Waals surface area contributed by atoms with Crippen LogP contribution in [0.25, 0.3) is 0 Å². The highest BCUT2D eigenvalue weighted by atomic mass is 31.2. The van der Waals surface area contributed by atoms with Crippen LogP contribution in [0, 0.1) is 0 Å². The first-order valence-electron chi connectivity index (χ1n) is 13.5. The summed E-state index contributed by atoms with van der Waals surface area (Å²) in [5, 5.41) is 2.98. The third-order valence-electron chi connectivity index (χ3n) is 7.27. The van der Waals surface area contributed by atoms with Gasteiger partial charge in [0.1, 0.15) is 0 Å². The number of hydrogen-bond acceptors (Lipinski definition) is 2. The third-order valence-corrected chi connectivity index (χ3v) is 11.1. The van der Waals surface area contributed by atoms with E-state index in [1.54, 1.807) is 5.31 Å². The number of hydrogen-bond donors (Lipinski definition) is 0. The van der Waals surface area contributed by atoms with Crippen molar-refractivity contribution in [3.63, 3.8) is 0 Å². The van der Waals surface area contributed by atoms with E-state index in [2.05, 4.69) is 130 Å². The Morgan fingerprint density at radius 1 is 0.714 bits per heavy atom. The van der Waals surface area contributed by atoms with Crippen LogP contribution in [0.15, 0.2) is 58.0 Å². The van der Waals surface area contributed by atoms with Crippen LogP contribution in [0.1, 0.15) is 106 Å². The van der Waals surface area contributed by atoms with Gasteiger partial charge in [-0.3, -0.25) is 4.74 Å². The van der Waals surface area contributed by atoms with Crippen molar-refractivity contribution in [1.82, 2.24) is 4.90 Å². The molecule has 0 aliphatic carbocycles. The Bertz CT molecular complexity index is 1110. The van der Waals surface area contributed by atoms with E-state index in [1.165, 1.54) is 33.1 Å². The summed E-state index contributed by atoms with van der Waals surface area (Å²) in [6, 6.07) is 16.1. The summed E-state index contributed by atoms with van der Waals surface area (Å²) in [6.07, 6.45) is 1.06. The standard InChI is InChI=1S/C32H49N2P/c1-13-27-29(34(14-2)15-3)35(27,24-19-17-16-18-20-24)33-28-25(31(7,8)9)21-23(30(4,5)6)22-26(28)32(10,11)12/h16-22H,13-15H2,1-12H3/t35-/m1/s1. The van der Waals surface area contributed by atoms with E-state index in [0.717, 1.165) is 19.5 Å². The predicted octanol–water partition coefficient (Wildman–Crippen LogP) is 9.67. The van der Waals surface area contributed by atoms with Crippen LogP contribution in [0.4, 0.5) is 5.69 Å². The minimum Gasteiger partial charge on any atom is -0.370 e. The number of rotatable bonds is 6. The summed E-state index contributed by atoms with van der Waals surface area (Å²) in [4.78, 5) is 2.57. The van der Waals surface area contributed by atoms with Crippen molar-refractivity contribution in [2.24, 2.45) is 4.74 Å². The molecule has 1 heterocycles. The van der Waals surface area contributed by atoms with E-state index in [-0.39, 0.29) is 16.2 Å². The first-order valence-corrected chi connectivity index (χ1v) is 15.2. The lowest BCUT2D eigenvalue weighted by molar-refractivity contribution is 0.411. The van der Waals surface area contributed by atoms with E-state index in [4.69, 9.17) is 4.74 Å². The molecule has 0 saturated carbocycles. The van der Waals surface area contributed by atoms with Gasteiger partial charge in [0.15, 0.2) is 0 Å². The van der Waals surface area contributed by atoms with Gasteiger partial charge in [-0.1, -0.05) is 112 Å². The Labute approximate surface area is 216 Å². The largest absolute Gasteiger partial charge is 0.370 e. The van der Waals surface area contributed by atoms with Gasteiger partial charge in [0, 0.05) is 23.7 Å². The molecule has 0 amide bonds. The predicted molar refractivity (Wildman–Crippen MR) is 158 cm³/mol. The van der Waals surface area contributed by atoms with E-state index < -0.39 is 7.05 Å². The van der Waals surface area contributed by atoms with Crippen LogP contribution in [0.3, 0.4) is 0 Å². The smallest absolute Gasteiger partial charge is 0.0752 e. The van der Waals surface area contributed by atoms with Crippen molar-refractivity contribution in [2.45, 2.75) is 106 Å². The second-order valence-corrected chi connectivity index (χ2v) is 16.0. The Morgan fingerprint density at radius 2 is 1.20 bits per heavy atom. The lowest BCUT2D eigenvalue weighted by atomic mass is 9.74. The second-order valence-electron chi connectivity index (χ2n) is 13.0. The molecule has 0 spiro atoms. The average Bonchev–Trinajstić information content (AvgIpc) is 3.40. The van der Waals surface area contributed by atoms with Crippen LogP contribution < -0.4 is 5.30 Å². The second kappa shape index (κ2) is 9.59. The molecule has 0 aromatic heterocycles. The molecule has 0 saturated heterocycles. The van der Waals surface area contributed by atoms with Gasteiger partial charge >= 0.3 is 0 Å². The van der Waals surface area contributed by atoms with Crippen molar-refractivity contribution in [2.75, 3.05) is 13.1 Å². The summed E-state index contributed by atoms with van der Waals surface area (Å²) in [6.45, 7) is 30.0. The fraction of sp³-hybridized carbons (Fsp3) is 0.562. The molecule has 0 fully saturated rings. The lowest BCUT2D eigenvalue weighted by Crippen LogP contribution is -2.21. The summed E-state index contributed by atoms with van der Waals surface area (Å²) in [5.74, 6) is 0. The highest BCUT2D eigenvalue weighted by Crippen LogP contribution is 2.81. The first kappa shape index (κ1) is 27.8. The van der Waals surface area contributed by atoms with Crippen molar-refractivity contribution in [3.8, 4) is 0 Å². The molecule has 2 aromatic rings. The maximum atomic E-state index is 5.97. The summed E-state index contributed by atoms with van der Waals surface area (Å²) in [7, 11) is -1.94. The van der Waals surface area contributed by atoms with Gasteiger partial charge in [-0.15, -0.1) is 0 Å². The maximum absolute atomic E-state index is 5.97. The van der Waals surface area contributed by atoms with Gasteiger partial charge in [-0.05, 0) is 53.2 Å². The fourth-order valence-corrected chi connectivity index (χ4v) is 9.40. The molecule has 1 atom stereocenters. The molecule has 1 aliphatic rings. The number of allylic oxidation sites excluding steroid dienone is 1. The van der Waals surface area contributed by atoms with Crippen LogP contribution in [-0.4, -0.2) is 18.0 Å². The zero-order chi connectivity index (χ0) is 26.4. The van der Waals surface area contributed by atoms with Crippen LogP contribution in [0.5, 0.6) is 0 Å². The van der Waals surface area contributed by atoms with Gasteiger partial charge in [-0.2, -0.15) is 0 Å². The Morgan fingerprint density at radius 3 is 1.57 bits per heavy atom. The minimum absolute atomic E-state index is 0.00147. The normalized spacial score (nSPS) is 18.6. The van der Waals surface area contributed by atoms with E-state index in [9.17, 15) is 0 Å². The number of benzene rings is 2. The molecule has 0 radical (unpaired) electrons. The molecule has 3 rings (SSSR count). The van der Waals surface area contributed by atoms with Gasteiger partial charge in [0.2, 0.25) is 0 Å². The fourth-order valence-electron chi connectivity index (χ4n) is 5.12. The lowest BCUT2D eigenvalue weighted by Gasteiger charge is -2.33. The molecular weight excluding hydrogens is 443 g/mol. The highest BCUT2D eigenvalue weighted by molar-refractivity contribution is 7.88. The van der Waals surface area contributed by atoms with Gasteiger partial charge < -0.3 is 4.90 Å². The van der Waals surface area contributed by atoms with Gasteiger partial charge in [-0.25, -0.2) is 0 Å². The summed E-state index contributed by atoms with van der Waals surface area (Å²) in [5.41, 5.74) is 7.01. The molecule has 0 unspecified atom stereocenters.